The van der Waals surface area contributed by atoms with Crippen LogP contribution in [0.1, 0.15) is 6.42 Å². The summed E-state index contributed by atoms with van der Waals surface area (Å²) in [7, 11) is 0. The van der Waals surface area contributed by atoms with Crippen LogP contribution in [0.25, 0.3) is 0 Å². The molecule has 1 N–H and O–H groups in total. The number of benzene rings is 1. The Morgan fingerprint density at radius 2 is 1.94 bits per heavy atom. The van der Waals surface area contributed by atoms with E-state index in [-0.39, 0.29) is 12.4 Å². The van der Waals surface area contributed by atoms with Gasteiger partial charge in [0.2, 0.25) is 0 Å². The van der Waals surface area contributed by atoms with E-state index in [1.54, 1.807) is 24.3 Å². The fraction of sp³-hybridized carbons (Fsp3) is 0.455. The third-order valence-corrected chi connectivity index (χ3v) is 2.97. The van der Waals surface area contributed by atoms with Crippen LogP contribution in [0.4, 0.5) is 13.2 Å². The molecule has 17 heavy (non-hydrogen) atoms. The van der Waals surface area contributed by atoms with Crippen molar-refractivity contribution < 1.29 is 23.0 Å². The first-order chi connectivity index (χ1) is 7.99. The summed E-state index contributed by atoms with van der Waals surface area (Å²) < 4.78 is 39.6. The van der Waals surface area contributed by atoms with Crippen LogP contribution >= 0.6 is 11.8 Å². The predicted octanol–water partition coefficient (Wildman–Crippen LogP) is 3.45. The van der Waals surface area contributed by atoms with Crippen LogP contribution in [0.3, 0.4) is 0 Å². The van der Waals surface area contributed by atoms with E-state index in [0.717, 1.165) is 4.90 Å². The summed E-state index contributed by atoms with van der Waals surface area (Å²) in [4.78, 5) is 0.725. The Morgan fingerprint density at radius 1 is 1.24 bits per heavy atom. The largest absolute Gasteiger partial charge is 0.507 e. The van der Waals surface area contributed by atoms with E-state index in [2.05, 4.69) is 4.74 Å². The molecule has 0 amide bonds. The Hall–Kier alpha value is -0.880. The number of hydrogen-bond donors (Lipinski definition) is 1. The van der Waals surface area contributed by atoms with Crippen molar-refractivity contribution in [1.29, 1.82) is 0 Å². The molecular weight excluding hydrogens is 253 g/mol. The van der Waals surface area contributed by atoms with Crippen molar-refractivity contribution in [3.8, 4) is 5.75 Å². The zero-order valence-electron chi connectivity index (χ0n) is 9.04. The average molecular weight is 266 g/mol. The molecule has 1 aromatic carbocycles. The van der Waals surface area contributed by atoms with Gasteiger partial charge in [0.05, 0.1) is 0 Å². The second-order valence-corrected chi connectivity index (χ2v) is 4.47. The standard InChI is InChI=1S/C11H13F3O2S/c12-11(13,14)8-16-6-3-7-17-10-5-2-1-4-9(10)15/h1-2,4-5,15H,3,6-8H2. The normalized spacial score (nSPS) is 11.7. The molecule has 0 saturated heterocycles. The zero-order chi connectivity index (χ0) is 12.7. The van der Waals surface area contributed by atoms with Gasteiger partial charge in [-0.2, -0.15) is 13.2 Å². The van der Waals surface area contributed by atoms with Crippen LogP contribution in [-0.4, -0.2) is 30.2 Å². The van der Waals surface area contributed by atoms with Gasteiger partial charge in [0, 0.05) is 17.3 Å². The molecule has 0 aromatic heterocycles. The smallest absolute Gasteiger partial charge is 0.411 e. The fourth-order valence-corrected chi connectivity index (χ4v) is 1.98. The van der Waals surface area contributed by atoms with Gasteiger partial charge in [-0.3, -0.25) is 0 Å². The molecule has 0 bridgehead atoms. The molecular formula is C11H13F3O2S. The predicted molar refractivity (Wildman–Crippen MR) is 60.3 cm³/mol. The summed E-state index contributed by atoms with van der Waals surface area (Å²) in [5.74, 6) is 0.795. The number of alkyl halides is 3. The van der Waals surface area contributed by atoms with Crippen molar-refractivity contribution in [3.63, 3.8) is 0 Å². The lowest BCUT2D eigenvalue weighted by atomic mass is 10.3. The summed E-state index contributed by atoms with van der Waals surface area (Å²) >= 11 is 1.39. The lowest BCUT2D eigenvalue weighted by molar-refractivity contribution is -0.173. The zero-order valence-corrected chi connectivity index (χ0v) is 9.85. The van der Waals surface area contributed by atoms with E-state index in [1.807, 2.05) is 0 Å². The highest BCUT2D eigenvalue weighted by Gasteiger charge is 2.27. The third kappa shape index (κ3) is 6.43. The molecule has 0 atom stereocenters. The quantitative estimate of drug-likeness (QED) is 0.631. The number of rotatable bonds is 6. The molecule has 0 saturated carbocycles. The lowest BCUT2D eigenvalue weighted by Crippen LogP contribution is -2.17. The summed E-state index contributed by atoms with van der Waals surface area (Å²) in [6.45, 7) is -1.13. The van der Waals surface area contributed by atoms with Gasteiger partial charge in [0.25, 0.3) is 0 Å². The summed E-state index contributed by atoms with van der Waals surface area (Å²) in [5.41, 5.74) is 0. The SMILES string of the molecule is Oc1ccccc1SCCCOCC(F)(F)F. The van der Waals surface area contributed by atoms with E-state index in [9.17, 15) is 18.3 Å². The number of phenols is 1. The number of phenolic OH excluding ortho intramolecular Hbond substituents is 1. The van der Waals surface area contributed by atoms with Crippen molar-refractivity contribution in [2.75, 3.05) is 19.0 Å². The molecule has 0 spiro atoms. The fourth-order valence-electron chi connectivity index (χ4n) is 1.11. The van der Waals surface area contributed by atoms with Gasteiger partial charge in [-0.05, 0) is 18.6 Å². The van der Waals surface area contributed by atoms with Crippen LogP contribution < -0.4 is 0 Å². The maximum absolute atomic E-state index is 11.7. The molecule has 0 aliphatic heterocycles. The van der Waals surface area contributed by atoms with Crippen molar-refractivity contribution in [3.05, 3.63) is 24.3 Å². The minimum atomic E-state index is -4.26. The van der Waals surface area contributed by atoms with Gasteiger partial charge in [0.1, 0.15) is 12.4 Å². The third-order valence-electron chi connectivity index (χ3n) is 1.82. The first kappa shape index (κ1) is 14.2. The molecule has 96 valence electrons. The van der Waals surface area contributed by atoms with Gasteiger partial charge in [-0.25, -0.2) is 0 Å². The highest BCUT2D eigenvalue weighted by atomic mass is 32.2. The first-order valence-corrected chi connectivity index (χ1v) is 6.03. The molecule has 0 fully saturated rings. The second-order valence-electron chi connectivity index (χ2n) is 3.34. The second kappa shape index (κ2) is 6.76. The first-order valence-electron chi connectivity index (χ1n) is 5.04. The molecule has 0 heterocycles. The van der Waals surface area contributed by atoms with Gasteiger partial charge < -0.3 is 9.84 Å². The van der Waals surface area contributed by atoms with Crippen LogP contribution in [-0.2, 0) is 4.74 Å². The van der Waals surface area contributed by atoms with Gasteiger partial charge in [-0.15, -0.1) is 11.8 Å². The molecule has 0 unspecified atom stereocenters. The average Bonchev–Trinajstić information content (AvgIpc) is 2.24. The van der Waals surface area contributed by atoms with Crippen LogP contribution in [0, 0.1) is 0 Å². The van der Waals surface area contributed by atoms with E-state index in [0.29, 0.717) is 12.2 Å². The Morgan fingerprint density at radius 3 is 2.59 bits per heavy atom. The van der Waals surface area contributed by atoms with Crippen molar-refractivity contribution >= 4 is 11.8 Å². The van der Waals surface area contributed by atoms with Crippen LogP contribution in [0.2, 0.25) is 0 Å². The highest BCUT2D eigenvalue weighted by Crippen LogP contribution is 2.27. The molecule has 1 aromatic rings. The Bertz CT molecular complexity index is 342. The Kier molecular flexibility index (Phi) is 5.64. The molecule has 2 nitrogen and oxygen atoms in total. The summed E-state index contributed by atoms with van der Waals surface area (Å²) in [6.07, 6.45) is -3.75. The molecule has 6 heteroatoms. The van der Waals surface area contributed by atoms with E-state index >= 15 is 0 Å². The van der Waals surface area contributed by atoms with Crippen LogP contribution in [0.5, 0.6) is 5.75 Å². The molecule has 0 aliphatic carbocycles. The minimum Gasteiger partial charge on any atom is -0.507 e. The van der Waals surface area contributed by atoms with E-state index < -0.39 is 12.8 Å². The number of hydrogen-bond acceptors (Lipinski definition) is 3. The number of ether oxygens (including phenoxy) is 1. The maximum atomic E-state index is 11.7. The number of aromatic hydroxyl groups is 1. The Balaban J connectivity index is 2.11. The van der Waals surface area contributed by atoms with Crippen molar-refractivity contribution in [1.82, 2.24) is 0 Å². The van der Waals surface area contributed by atoms with Crippen LogP contribution in [0.15, 0.2) is 29.2 Å². The monoisotopic (exact) mass is 266 g/mol. The number of thioether (sulfide) groups is 1. The highest BCUT2D eigenvalue weighted by molar-refractivity contribution is 7.99. The summed E-state index contributed by atoms with van der Waals surface area (Å²) in [5, 5.41) is 9.42. The lowest BCUT2D eigenvalue weighted by Gasteiger charge is -2.07. The maximum Gasteiger partial charge on any atom is 0.411 e. The van der Waals surface area contributed by atoms with Gasteiger partial charge in [0.15, 0.2) is 0 Å². The topological polar surface area (TPSA) is 29.5 Å². The summed E-state index contributed by atoms with van der Waals surface area (Å²) in [6, 6.07) is 6.84. The number of para-hydroxylation sites is 1. The molecule has 1 rings (SSSR count). The minimum absolute atomic E-state index is 0.0695. The van der Waals surface area contributed by atoms with E-state index in [4.69, 9.17) is 0 Å². The molecule has 0 aliphatic rings. The van der Waals surface area contributed by atoms with E-state index in [1.165, 1.54) is 11.8 Å². The molecule has 0 radical (unpaired) electrons. The number of halogens is 3. The Labute approximate surface area is 102 Å². The van der Waals surface area contributed by atoms with Crippen molar-refractivity contribution in [2.45, 2.75) is 17.5 Å². The van der Waals surface area contributed by atoms with Gasteiger partial charge >= 0.3 is 6.18 Å². The van der Waals surface area contributed by atoms with Gasteiger partial charge in [-0.1, -0.05) is 12.1 Å². The van der Waals surface area contributed by atoms with Crippen molar-refractivity contribution in [2.24, 2.45) is 0 Å².